The van der Waals surface area contributed by atoms with Gasteiger partial charge in [-0.05, 0) is 11.8 Å². The number of nitrogens with zero attached hydrogens (tertiary/aromatic N) is 3. The number of aryl methyl sites for hydroxylation is 1. The Morgan fingerprint density at radius 2 is 2.43 bits per heavy atom. The number of rotatable bonds is 3. The lowest BCUT2D eigenvalue weighted by Crippen LogP contribution is -2.31. The van der Waals surface area contributed by atoms with Crippen LogP contribution in [0.25, 0.3) is 0 Å². The van der Waals surface area contributed by atoms with Crippen LogP contribution < -0.4 is 0 Å². The van der Waals surface area contributed by atoms with Crippen LogP contribution in [0.5, 0.6) is 0 Å². The third-order valence-electron chi connectivity index (χ3n) is 1.77. The molecular formula is C7H12BN3O3. The first-order valence-electron chi connectivity index (χ1n) is 4.20. The molecule has 6 nitrogen and oxygen atoms in total. The number of hydrogen-bond acceptors (Lipinski definition) is 4. The Hall–Kier alpha value is -1.37. The van der Waals surface area contributed by atoms with E-state index in [-0.39, 0.29) is 12.4 Å². The van der Waals surface area contributed by atoms with Crippen LogP contribution in [-0.4, -0.2) is 32.9 Å². The summed E-state index contributed by atoms with van der Waals surface area (Å²) in [7, 11) is 1.59. The fourth-order valence-electron chi connectivity index (χ4n) is 1.18. The maximum Gasteiger partial charge on any atom is 0.342 e. The van der Waals surface area contributed by atoms with Crippen LogP contribution in [0.15, 0.2) is 6.20 Å². The Morgan fingerprint density at radius 3 is 2.86 bits per heavy atom. The van der Waals surface area contributed by atoms with Crippen molar-refractivity contribution in [2.75, 3.05) is 0 Å². The average molecular weight is 197 g/mol. The first-order valence-corrected chi connectivity index (χ1v) is 4.20. The van der Waals surface area contributed by atoms with Gasteiger partial charge in [-0.15, -0.1) is 0 Å². The normalized spacial score (nSPS) is 15.1. The van der Waals surface area contributed by atoms with Crippen LogP contribution in [0.4, 0.5) is 5.82 Å². The molecule has 1 aromatic rings. The van der Waals surface area contributed by atoms with Gasteiger partial charge in [0.05, 0.1) is 5.50 Å². The molecule has 0 fully saturated rings. The Bertz CT molecular complexity index is 356. The highest BCUT2D eigenvalue weighted by Crippen LogP contribution is 2.16. The molecule has 0 amide bonds. The molecule has 14 heavy (non-hydrogen) atoms. The molecule has 1 heterocycles. The fourth-order valence-corrected chi connectivity index (χ4v) is 1.18. The van der Waals surface area contributed by atoms with Gasteiger partial charge in [-0.1, -0.05) is 0 Å². The Kier molecular flexibility index (Phi) is 2.61. The van der Waals surface area contributed by atoms with Crippen molar-refractivity contribution >= 4 is 13.7 Å². The standard InChI is InChI=1S/C7H12BN3O3/c1-5-9-3-6(11(13)14)10(5)4-7(2,8)12/h3,12H,4,8H2,1-2H3. The van der Waals surface area contributed by atoms with Crippen molar-refractivity contribution in [1.82, 2.24) is 9.55 Å². The van der Waals surface area contributed by atoms with Crippen LogP contribution in [-0.2, 0) is 6.54 Å². The van der Waals surface area contributed by atoms with E-state index in [9.17, 15) is 15.2 Å². The number of imidazole rings is 1. The molecule has 0 aliphatic heterocycles. The van der Waals surface area contributed by atoms with Gasteiger partial charge in [0.25, 0.3) is 0 Å². The lowest BCUT2D eigenvalue weighted by molar-refractivity contribution is -0.392. The quantitative estimate of drug-likeness (QED) is 0.400. The molecule has 0 saturated heterocycles. The molecule has 0 aliphatic rings. The molecule has 0 bridgehead atoms. The summed E-state index contributed by atoms with van der Waals surface area (Å²) in [6.45, 7) is 3.42. The van der Waals surface area contributed by atoms with Crippen LogP contribution in [0, 0.1) is 17.0 Å². The van der Waals surface area contributed by atoms with Crippen molar-refractivity contribution in [2.24, 2.45) is 0 Å². The second-order valence-electron chi connectivity index (χ2n) is 3.82. The van der Waals surface area contributed by atoms with Gasteiger partial charge in [0.1, 0.15) is 20.6 Å². The fraction of sp³-hybridized carbons (Fsp3) is 0.571. The van der Waals surface area contributed by atoms with E-state index < -0.39 is 10.4 Å². The van der Waals surface area contributed by atoms with Crippen molar-refractivity contribution in [3.63, 3.8) is 0 Å². The minimum atomic E-state index is -0.990. The van der Waals surface area contributed by atoms with Gasteiger partial charge in [0, 0.05) is 6.92 Å². The van der Waals surface area contributed by atoms with Gasteiger partial charge >= 0.3 is 5.82 Å². The SMILES string of the molecule is BC(C)(O)Cn1c([N+](=O)[O-])cnc1C. The Morgan fingerprint density at radius 1 is 1.86 bits per heavy atom. The van der Waals surface area contributed by atoms with Gasteiger partial charge in [-0.2, -0.15) is 0 Å². The summed E-state index contributed by atoms with van der Waals surface area (Å²) >= 11 is 0. The first kappa shape index (κ1) is 10.7. The summed E-state index contributed by atoms with van der Waals surface area (Å²) in [6, 6.07) is 0. The highest BCUT2D eigenvalue weighted by Gasteiger charge is 2.24. The summed E-state index contributed by atoms with van der Waals surface area (Å²) in [6.07, 6.45) is 1.20. The second-order valence-corrected chi connectivity index (χ2v) is 3.82. The zero-order chi connectivity index (χ0) is 10.9. The molecule has 0 aliphatic carbocycles. The molecule has 0 aromatic carbocycles. The molecule has 1 aromatic heterocycles. The van der Waals surface area contributed by atoms with Gasteiger partial charge in [0.2, 0.25) is 0 Å². The summed E-state index contributed by atoms with van der Waals surface area (Å²) in [4.78, 5) is 13.9. The van der Waals surface area contributed by atoms with E-state index in [4.69, 9.17) is 0 Å². The summed E-state index contributed by atoms with van der Waals surface area (Å²) < 4.78 is 1.39. The first-order chi connectivity index (χ1) is 6.31. The van der Waals surface area contributed by atoms with Gasteiger partial charge in [0.15, 0.2) is 5.82 Å². The number of aromatic nitrogens is 2. The van der Waals surface area contributed by atoms with E-state index >= 15 is 0 Å². The van der Waals surface area contributed by atoms with Crippen molar-refractivity contribution in [3.8, 4) is 0 Å². The minimum absolute atomic E-state index is 0.0929. The van der Waals surface area contributed by atoms with Crippen molar-refractivity contribution in [2.45, 2.75) is 25.9 Å². The second kappa shape index (κ2) is 3.41. The predicted molar refractivity (Wildman–Crippen MR) is 52.8 cm³/mol. The molecule has 1 rings (SSSR count). The molecule has 0 saturated carbocycles. The third-order valence-corrected chi connectivity index (χ3v) is 1.77. The largest absolute Gasteiger partial charge is 0.395 e. The molecule has 76 valence electrons. The molecule has 1 atom stereocenters. The monoisotopic (exact) mass is 197 g/mol. The molecule has 7 heteroatoms. The van der Waals surface area contributed by atoms with Crippen LogP contribution in [0.3, 0.4) is 0 Å². The third kappa shape index (κ3) is 2.32. The number of hydrogen-bond donors (Lipinski definition) is 1. The molecule has 0 radical (unpaired) electrons. The minimum Gasteiger partial charge on any atom is -0.395 e. The smallest absolute Gasteiger partial charge is 0.342 e. The Labute approximate surface area is 82.1 Å². The average Bonchev–Trinajstić information content (AvgIpc) is 2.29. The van der Waals surface area contributed by atoms with E-state index in [0.29, 0.717) is 5.82 Å². The number of nitro groups is 1. The molecule has 0 spiro atoms. The van der Waals surface area contributed by atoms with E-state index in [0.717, 1.165) is 0 Å². The Balaban J connectivity index is 3.06. The van der Waals surface area contributed by atoms with E-state index in [1.165, 1.54) is 10.8 Å². The lowest BCUT2D eigenvalue weighted by atomic mass is 9.84. The topological polar surface area (TPSA) is 81.2 Å². The van der Waals surface area contributed by atoms with Gasteiger partial charge in [-0.3, -0.25) is 0 Å². The maximum absolute atomic E-state index is 10.6. The zero-order valence-electron chi connectivity index (χ0n) is 8.39. The lowest BCUT2D eigenvalue weighted by Gasteiger charge is -2.15. The highest BCUT2D eigenvalue weighted by molar-refractivity contribution is 6.13. The molecule has 1 N–H and O–H groups in total. The van der Waals surface area contributed by atoms with E-state index in [2.05, 4.69) is 4.98 Å². The van der Waals surface area contributed by atoms with E-state index in [1.54, 1.807) is 21.7 Å². The molecule has 1 unspecified atom stereocenters. The van der Waals surface area contributed by atoms with Gasteiger partial charge in [-0.25, -0.2) is 9.55 Å². The molecular weight excluding hydrogens is 185 g/mol. The predicted octanol–water partition coefficient (Wildman–Crippen LogP) is -0.559. The van der Waals surface area contributed by atoms with E-state index in [1.807, 2.05) is 0 Å². The van der Waals surface area contributed by atoms with Crippen LogP contribution in [0.1, 0.15) is 12.7 Å². The summed E-state index contributed by atoms with van der Waals surface area (Å²) in [5, 5.41) is 20.1. The van der Waals surface area contributed by atoms with Gasteiger partial charge < -0.3 is 15.2 Å². The summed E-state index contributed by atoms with van der Waals surface area (Å²) in [5.41, 5.74) is -0.990. The van der Waals surface area contributed by atoms with Crippen molar-refractivity contribution < 1.29 is 10.0 Å². The summed E-state index contributed by atoms with van der Waals surface area (Å²) in [5.74, 6) is 0.434. The maximum atomic E-state index is 10.6. The number of aliphatic hydroxyl groups is 1. The van der Waals surface area contributed by atoms with Crippen LogP contribution >= 0.6 is 0 Å². The highest BCUT2D eigenvalue weighted by atomic mass is 16.6. The van der Waals surface area contributed by atoms with Crippen molar-refractivity contribution in [1.29, 1.82) is 0 Å². The zero-order valence-corrected chi connectivity index (χ0v) is 8.39. The van der Waals surface area contributed by atoms with Crippen molar-refractivity contribution in [3.05, 3.63) is 22.1 Å². The van der Waals surface area contributed by atoms with Crippen LogP contribution in [0.2, 0.25) is 0 Å².